The van der Waals surface area contributed by atoms with Crippen molar-refractivity contribution < 1.29 is 14.3 Å². The standard InChI is InChI=1S/C27H33N7O3S/c1-6-33(7-2)18(5)15-28-26(35)19-13-22(30-24(14-19)32-27(36)37-17(3)4)20-16-29-34-11-10-21(31-25(20)34)23-9-8-12-38-23/h8-14,16-18H,6-7,15H2,1-5H3,(H,28,35)(H,30,32,36). The van der Waals surface area contributed by atoms with Gasteiger partial charge in [-0.1, -0.05) is 19.9 Å². The lowest BCUT2D eigenvalue weighted by molar-refractivity contribution is 0.0937. The van der Waals surface area contributed by atoms with Gasteiger partial charge in [0.05, 0.1) is 34.1 Å². The maximum Gasteiger partial charge on any atom is 0.413 e. The van der Waals surface area contributed by atoms with Crippen LogP contribution in [0.2, 0.25) is 0 Å². The van der Waals surface area contributed by atoms with Gasteiger partial charge in [0.2, 0.25) is 0 Å². The van der Waals surface area contributed by atoms with E-state index in [-0.39, 0.29) is 23.9 Å². The van der Waals surface area contributed by atoms with Crippen LogP contribution in [0.15, 0.2) is 48.1 Å². The van der Waals surface area contributed by atoms with Gasteiger partial charge >= 0.3 is 6.09 Å². The lowest BCUT2D eigenvalue weighted by atomic mass is 10.1. The van der Waals surface area contributed by atoms with Crippen molar-refractivity contribution in [3.63, 3.8) is 0 Å². The summed E-state index contributed by atoms with van der Waals surface area (Å²) < 4.78 is 6.88. The molecule has 0 aliphatic heterocycles. The average Bonchev–Trinajstić information content (AvgIpc) is 3.57. The lowest BCUT2D eigenvalue weighted by Crippen LogP contribution is -2.42. The molecule has 4 aromatic rings. The highest BCUT2D eigenvalue weighted by Gasteiger charge is 2.19. The maximum absolute atomic E-state index is 13.2. The first kappa shape index (κ1) is 27.2. The molecule has 0 saturated carbocycles. The molecule has 0 bridgehead atoms. The summed E-state index contributed by atoms with van der Waals surface area (Å²) in [6, 6.07) is 9.28. The number of rotatable bonds is 10. The predicted molar refractivity (Wildman–Crippen MR) is 149 cm³/mol. The summed E-state index contributed by atoms with van der Waals surface area (Å²) in [6.45, 7) is 12.1. The number of carbonyl (C=O) groups is 2. The molecule has 0 aliphatic carbocycles. The van der Waals surface area contributed by atoms with Crippen LogP contribution in [-0.2, 0) is 4.74 Å². The molecule has 4 rings (SSSR count). The van der Waals surface area contributed by atoms with Crippen molar-refractivity contribution >= 4 is 34.8 Å². The Hall–Kier alpha value is -3.83. The van der Waals surface area contributed by atoms with Gasteiger partial charge < -0.3 is 10.1 Å². The van der Waals surface area contributed by atoms with E-state index in [1.54, 1.807) is 48.0 Å². The summed E-state index contributed by atoms with van der Waals surface area (Å²) >= 11 is 1.60. The van der Waals surface area contributed by atoms with Gasteiger partial charge in [0.1, 0.15) is 5.82 Å². The molecule has 1 atom stereocenters. The normalized spacial score (nSPS) is 12.2. The van der Waals surface area contributed by atoms with Gasteiger partial charge in [-0.05, 0) is 63.5 Å². The zero-order chi connectivity index (χ0) is 27.2. The van der Waals surface area contributed by atoms with Crippen LogP contribution in [0.25, 0.3) is 27.5 Å². The minimum absolute atomic E-state index is 0.174. The molecule has 4 aromatic heterocycles. The highest BCUT2D eigenvalue weighted by atomic mass is 32.1. The Labute approximate surface area is 226 Å². The fourth-order valence-corrected chi connectivity index (χ4v) is 4.84. The van der Waals surface area contributed by atoms with Crippen LogP contribution >= 0.6 is 11.3 Å². The zero-order valence-corrected chi connectivity index (χ0v) is 23.1. The Morgan fingerprint density at radius 2 is 1.89 bits per heavy atom. The monoisotopic (exact) mass is 535 g/mol. The lowest BCUT2D eigenvalue weighted by Gasteiger charge is -2.26. The first-order chi connectivity index (χ1) is 18.3. The second kappa shape index (κ2) is 12.1. The number of thiophene rings is 1. The van der Waals surface area contributed by atoms with E-state index in [9.17, 15) is 9.59 Å². The Morgan fingerprint density at radius 3 is 2.58 bits per heavy atom. The summed E-state index contributed by atoms with van der Waals surface area (Å²) in [4.78, 5) is 38.3. The molecule has 38 heavy (non-hydrogen) atoms. The van der Waals surface area contributed by atoms with Crippen molar-refractivity contribution in [2.45, 2.75) is 46.8 Å². The number of nitrogens with one attached hydrogen (secondary N) is 2. The van der Waals surface area contributed by atoms with Gasteiger partial charge in [0.25, 0.3) is 5.91 Å². The molecule has 2 N–H and O–H groups in total. The number of pyridine rings is 1. The van der Waals surface area contributed by atoms with E-state index in [0.29, 0.717) is 29.0 Å². The van der Waals surface area contributed by atoms with E-state index in [0.717, 1.165) is 23.7 Å². The fourth-order valence-electron chi connectivity index (χ4n) is 4.14. The largest absolute Gasteiger partial charge is 0.447 e. The van der Waals surface area contributed by atoms with Crippen LogP contribution in [-0.4, -0.2) is 68.3 Å². The third-order valence-corrected chi connectivity index (χ3v) is 6.97. The Balaban J connectivity index is 1.70. The quantitative estimate of drug-likeness (QED) is 0.296. The van der Waals surface area contributed by atoms with Gasteiger partial charge in [0, 0.05) is 24.3 Å². The van der Waals surface area contributed by atoms with E-state index in [4.69, 9.17) is 9.72 Å². The van der Waals surface area contributed by atoms with Crippen molar-refractivity contribution in [1.82, 2.24) is 29.8 Å². The predicted octanol–water partition coefficient (Wildman–Crippen LogP) is 4.94. The summed E-state index contributed by atoms with van der Waals surface area (Å²) in [5, 5.41) is 12.1. The van der Waals surface area contributed by atoms with Crippen LogP contribution in [0, 0.1) is 0 Å². The third kappa shape index (κ3) is 6.35. The summed E-state index contributed by atoms with van der Waals surface area (Å²) in [7, 11) is 0. The molecule has 4 heterocycles. The molecule has 1 unspecified atom stereocenters. The number of ether oxygens (including phenoxy) is 1. The summed E-state index contributed by atoms with van der Waals surface area (Å²) in [5.41, 5.74) is 2.85. The molecule has 0 aromatic carbocycles. The minimum Gasteiger partial charge on any atom is -0.447 e. The Bertz CT molecular complexity index is 1400. The van der Waals surface area contributed by atoms with Gasteiger partial charge in [-0.25, -0.2) is 19.3 Å². The molecule has 0 aliphatic rings. The van der Waals surface area contributed by atoms with E-state index in [1.165, 1.54) is 0 Å². The highest BCUT2D eigenvalue weighted by molar-refractivity contribution is 7.13. The van der Waals surface area contributed by atoms with Gasteiger partial charge in [-0.2, -0.15) is 5.10 Å². The smallest absolute Gasteiger partial charge is 0.413 e. The van der Waals surface area contributed by atoms with Crippen molar-refractivity contribution in [3.05, 3.63) is 53.7 Å². The topological polar surface area (TPSA) is 114 Å². The third-order valence-electron chi connectivity index (χ3n) is 6.07. The zero-order valence-electron chi connectivity index (χ0n) is 22.3. The van der Waals surface area contributed by atoms with Gasteiger partial charge in [0.15, 0.2) is 5.65 Å². The number of likely N-dealkylation sites (N-methyl/N-ethyl adjacent to an activating group) is 1. The van der Waals surface area contributed by atoms with Crippen molar-refractivity contribution in [2.75, 3.05) is 25.0 Å². The summed E-state index contributed by atoms with van der Waals surface area (Å²) in [5.74, 6) is -0.0690. The van der Waals surface area contributed by atoms with Crippen LogP contribution in [0.4, 0.5) is 10.6 Å². The number of fused-ring (bicyclic) bond motifs is 1. The van der Waals surface area contributed by atoms with E-state index in [2.05, 4.69) is 46.4 Å². The number of anilines is 1. The van der Waals surface area contributed by atoms with Crippen LogP contribution in [0.3, 0.4) is 0 Å². The first-order valence-electron chi connectivity index (χ1n) is 12.7. The molecule has 200 valence electrons. The van der Waals surface area contributed by atoms with Crippen LogP contribution in [0.1, 0.15) is 45.0 Å². The van der Waals surface area contributed by atoms with Crippen LogP contribution in [0.5, 0.6) is 0 Å². The fraction of sp³-hybridized carbons (Fsp3) is 0.370. The molecule has 0 saturated heterocycles. The van der Waals surface area contributed by atoms with Crippen molar-refractivity contribution in [3.8, 4) is 21.8 Å². The average molecular weight is 536 g/mol. The van der Waals surface area contributed by atoms with E-state index >= 15 is 0 Å². The number of carbonyl (C=O) groups excluding carboxylic acids is 2. The Kier molecular flexibility index (Phi) is 8.70. The molecule has 2 amide bonds. The molecule has 10 nitrogen and oxygen atoms in total. The van der Waals surface area contributed by atoms with Crippen molar-refractivity contribution in [2.24, 2.45) is 0 Å². The number of aromatic nitrogens is 4. The Morgan fingerprint density at radius 1 is 1.11 bits per heavy atom. The maximum atomic E-state index is 13.2. The molecule has 0 radical (unpaired) electrons. The molecule has 0 spiro atoms. The van der Waals surface area contributed by atoms with Crippen LogP contribution < -0.4 is 10.6 Å². The number of hydrogen-bond donors (Lipinski definition) is 2. The molecular formula is C27H33N7O3S. The molecule has 11 heteroatoms. The first-order valence-corrected chi connectivity index (χ1v) is 13.6. The number of amides is 2. The SMILES string of the molecule is CCN(CC)C(C)CNC(=O)c1cc(NC(=O)OC(C)C)nc(-c2cnn3ccc(-c4cccs4)nc23)c1. The number of hydrogen-bond acceptors (Lipinski definition) is 8. The summed E-state index contributed by atoms with van der Waals surface area (Å²) in [6.07, 6.45) is 2.54. The highest BCUT2D eigenvalue weighted by Crippen LogP contribution is 2.28. The van der Waals surface area contributed by atoms with Gasteiger partial charge in [-0.15, -0.1) is 11.3 Å². The van der Waals surface area contributed by atoms with Gasteiger partial charge in [-0.3, -0.25) is 15.0 Å². The number of nitrogens with zero attached hydrogens (tertiary/aromatic N) is 5. The van der Waals surface area contributed by atoms with E-state index < -0.39 is 6.09 Å². The second-order valence-electron chi connectivity index (χ2n) is 9.10. The second-order valence-corrected chi connectivity index (χ2v) is 10.0. The molecular weight excluding hydrogens is 502 g/mol. The van der Waals surface area contributed by atoms with Crippen molar-refractivity contribution in [1.29, 1.82) is 0 Å². The van der Waals surface area contributed by atoms with E-state index in [1.807, 2.05) is 29.8 Å². The minimum atomic E-state index is -0.649. The molecule has 0 fully saturated rings.